The average Bonchev–Trinajstić information content (AvgIpc) is 2.92. The summed E-state index contributed by atoms with van der Waals surface area (Å²) in [5.74, 6) is 0. The summed E-state index contributed by atoms with van der Waals surface area (Å²) in [6.07, 6.45) is 3.54. The number of hydrogen-bond donors (Lipinski definition) is 1. The van der Waals surface area contributed by atoms with Crippen molar-refractivity contribution in [1.29, 1.82) is 0 Å². The number of nitrogens with one attached hydrogen (secondary N) is 1. The monoisotopic (exact) mass is 259 g/mol. The van der Waals surface area contributed by atoms with Gasteiger partial charge in [-0.2, -0.15) is 11.3 Å². The van der Waals surface area contributed by atoms with Crippen LogP contribution in [0.1, 0.15) is 36.9 Å². The largest absolute Gasteiger partial charge is 0.310 e. The molecule has 0 bridgehead atoms. The van der Waals surface area contributed by atoms with Gasteiger partial charge in [-0.1, -0.05) is 43.7 Å². The summed E-state index contributed by atoms with van der Waals surface area (Å²) in [7, 11) is 0. The Balaban J connectivity index is 1.87. The van der Waals surface area contributed by atoms with Gasteiger partial charge in [-0.25, -0.2) is 0 Å². The van der Waals surface area contributed by atoms with E-state index >= 15 is 0 Å². The summed E-state index contributed by atoms with van der Waals surface area (Å²) >= 11 is 1.78. The van der Waals surface area contributed by atoms with Crippen molar-refractivity contribution in [2.75, 3.05) is 6.54 Å². The summed E-state index contributed by atoms with van der Waals surface area (Å²) < 4.78 is 0. The van der Waals surface area contributed by atoms with E-state index in [9.17, 15) is 0 Å². The van der Waals surface area contributed by atoms with Crippen LogP contribution in [0.2, 0.25) is 0 Å². The lowest BCUT2D eigenvalue weighted by Gasteiger charge is -2.18. The van der Waals surface area contributed by atoms with E-state index < -0.39 is 0 Å². The van der Waals surface area contributed by atoms with Gasteiger partial charge in [0, 0.05) is 6.04 Å². The van der Waals surface area contributed by atoms with Crippen molar-refractivity contribution < 1.29 is 0 Å². The second-order valence-electron chi connectivity index (χ2n) is 4.59. The Labute approximate surface area is 114 Å². The highest BCUT2D eigenvalue weighted by Crippen LogP contribution is 2.18. The second kappa shape index (κ2) is 7.34. The standard InChI is InChI=1S/C16H21NS/c1-2-6-16(15-7-4-3-5-8-15)17-11-9-14-10-12-18-13-14/h3-5,7-8,10,12-13,16-17H,2,6,9,11H2,1H3. The van der Waals surface area contributed by atoms with E-state index in [4.69, 9.17) is 0 Å². The van der Waals surface area contributed by atoms with Crippen LogP contribution in [0.15, 0.2) is 47.2 Å². The molecule has 1 N–H and O–H groups in total. The molecule has 1 nitrogen and oxygen atoms in total. The van der Waals surface area contributed by atoms with E-state index in [0.29, 0.717) is 6.04 Å². The van der Waals surface area contributed by atoms with Crippen LogP contribution in [0.25, 0.3) is 0 Å². The summed E-state index contributed by atoms with van der Waals surface area (Å²) in [4.78, 5) is 0. The molecule has 1 atom stereocenters. The molecule has 0 aliphatic heterocycles. The molecule has 1 unspecified atom stereocenters. The van der Waals surface area contributed by atoms with Gasteiger partial charge in [0.25, 0.3) is 0 Å². The number of thiophene rings is 1. The fourth-order valence-electron chi connectivity index (χ4n) is 2.19. The Bertz CT molecular complexity index is 422. The first-order valence-corrected chi connectivity index (χ1v) is 7.64. The molecule has 2 aromatic rings. The zero-order chi connectivity index (χ0) is 12.6. The molecule has 18 heavy (non-hydrogen) atoms. The van der Waals surface area contributed by atoms with E-state index in [2.05, 4.69) is 59.4 Å². The van der Waals surface area contributed by atoms with Crippen LogP contribution in [-0.2, 0) is 6.42 Å². The van der Waals surface area contributed by atoms with Crippen molar-refractivity contribution in [3.8, 4) is 0 Å². The summed E-state index contributed by atoms with van der Waals surface area (Å²) in [6.45, 7) is 3.30. The molecule has 2 rings (SSSR count). The van der Waals surface area contributed by atoms with Crippen molar-refractivity contribution in [2.24, 2.45) is 0 Å². The van der Waals surface area contributed by atoms with Gasteiger partial charge >= 0.3 is 0 Å². The lowest BCUT2D eigenvalue weighted by Crippen LogP contribution is -2.23. The van der Waals surface area contributed by atoms with Crippen LogP contribution in [-0.4, -0.2) is 6.54 Å². The molecule has 0 spiro atoms. The van der Waals surface area contributed by atoms with Gasteiger partial charge in [0.1, 0.15) is 0 Å². The van der Waals surface area contributed by atoms with Gasteiger partial charge in [-0.05, 0) is 47.3 Å². The van der Waals surface area contributed by atoms with E-state index in [0.717, 1.165) is 13.0 Å². The Kier molecular flexibility index (Phi) is 5.43. The number of rotatable bonds is 7. The van der Waals surface area contributed by atoms with E-state index in [1.807, 2.05) is 0 Å². The second-order valence-corrected chi connectivity index (χ2v) is 5.37. The van der Waals surface area contributed by atoms with Crippen LogP contribution >= 0.6 is 11.3 Å². The summed E-state index contributed by atoms with van der Waals surface area (Å²) in [5.41, 5.74) is 2.85. The van der Waals surface area contributed by atoms with E-state index in [1.54, 1.807) is 11.3 Å². The maximum atomic E-state index is 3.68. The Hall–Kier alpha value is -1.12. The van der Waals surface area contributed by atoms with Crippen LogP contribution in [0.5, 0.6) is 0 Å². The van der Waals surface area contributed by atoms with Gasteiger partial charge < -0.3 is 5.32 Å². The predicted octanol–water partition coefficient (Wildman–Crippen LogP) is 4.42. The SMILES string of the molecule is CCCC(NCCc1ccsc1)c1ccccc1. The average molecular weight is 259 g/mol. The van der Waals surface area contributed by atoms with Crippen LogP contribution < -0.4 is 5.32 Å². The zero-order valence-corrected chi connectivity index (χ0v) is 11.7. The van der Waals surface area contributed by atoms with Crippen LogP contribution in [0.3, 0.4) is 0 Å². The molecular weight excluding hydrogens is 238 g/mol. The summed E-state index contributed by atoms with van der Waals surface area (Å²) in [5, 5.41) is 8.06. The van der Waals surface area contributed by atoms with Crippen molar-refractivity contribution >= 4 is 11.3 Å². The highest BCUT2D eigenvalue weighted by Gasteiger charge is 2.08. The van der Waals surface area contributed by atoms with Gasteiger partial charge in [0.05, 0.1) is 0 Å². The van der Waals surface area contributed by atoms with Gasteiger partial charge in [-0.3, -0.25) is 0 Å². The molecule has 0 aliphatic rings. The molecule has 1 heterocycles. The van der Waals surface area contributed by atoms with E-state index in [1.165, 1.54) is 24.0 Å². The minimum atomic E-state index is 0.495. The first-order valence-electron chi connectivity index (χ1n) is 6.69. The Morgan fingerprint density at radius 3 is 2.67 bits per heavy atom. The molecule has 0 fully saturated rings. The Morgan fingerprint density at radius 1 is 1.17 bits per heavy atom. The van der Waals surface area contributed by atoms with Gasteiger partial charge in [0.15, 0.2) is 0 Å². The molecule has 0 saturated heterocycles. The van der Waals surface area contributed by atoms with Crippen molar-refractivity contribution in [2.45, 2.75) is 32.2 Å². The van der Waals surface area contributed by atoms with E-state index in [-0.39, 0.29) is 0 Å². The summed E-state index contributed by atoms with van der Waals surface area (Å²) in [6, 6.07) is 13.5. The third kappa shape index (κ3) is 3.97. The van der Waals surface area contributed by atoms with Crippen molar-refractivity contribution in [3.63, 3.8) is 0 Å². The fraction of sp³-hybridized carbons (Fsp3) is 0.375. The highest BCUT2D eigenvalue weighted by atomic mass is 32.1. The molecule has 0 saturated carbocycles. The smallest absolute Gasteiger partial charge is 0.0320 e. The third-order valence-corrected chi connectivity index (χ3v) is 3.90. The maximum Gasteiger partial charge on any atom is 0.0320 e. The first kappa shape index (κ1) is 13.3. The maximum absolute atomic E-state index is 3.68. The molecular formula is C16H21NS. The van der Waals surface area contributed by atoms with Gasteiger partial charge in [0.2, 0.25) is 0 Å². The van der Waals surface area contributed by atoms with Crippen LogP contribution in [0.4, 0.5) is 0 Å². The molecule has 96 valence electrons. The third-order valence-electron chi connectivity index (χ3n) is 3.16. The lowest BCUT2D eigenvalue weighted by molar-refractivity contribution is 0.497. The zero-order valence-electron chi connectivity index (χ0n) is 10.9. The molecule has 0 amide bonds. The predicted molar refractivity (Wildman–Crippen MR) is 80.1 cm³/mol. The molecule has 0 aliphatic carbocycles. The van der Waals surface area contributed by atoms with Gasteiger partial charge in [-0.15, -0.1) is 0 Å². The molecule has 0 radical (unpaired) electrons. The Morgan fingerprint density at radius 2 is 2.00 bits per heavy atom. The fourth-order valence-corrected chi connectivity index (χ4v) is 2.89. The number of hydrogen-bond acceptors (Lipinski definition) is 2. The normalized spacial score (nSPS) is 12.5. The molecule has 2 heteroatoms. The van der Waals surface area contributed by atoms with Crippen molar-refractivity contribution in [3.05, 3.63) is 58.3 Å². The lowest BCUT2D eigenvalue weighted by atomic mass is 10.0. The number of benzene rings is 1. The highest BCUT2D eigenvalue weighted by molar-refractivity contribution is 7.07. The van der Waals surface area contributed by atoms with Crippen LogP contribution in [0, 0.1) is 0 Å². The first-order chi connectivity index (χ1) is 8.90. The quantitative estimate of drug-likeness (QED) is 0.776. The molecule has 1 aromatic heterocycles. The minimum Gasteiger partial charge on any atom is -0.310 e. The molecule has 1 aromatic carbocycles. The topological polar surface area (TPSA) is 12.0 Å². The minimum absolute atomic E-state index is 0.495. The van der Waals surface area contributed by atoms with Crippen molar-refractivity contribution in [1.82, 2.24) is 5.32 Å².